The van der Waals surface area contributed by atoms with Crippen LogP contribution in [0.2, 0.25) is 0 Å². The normalized spacial score (nSPS) is 41.9. The Kier molecular flexibility index (Phi) is 6.83. The third-order valence-corrected chi connectivity index (χ3v) is 9.24. The lowest BCUT2D eigenvalue weighted by molar-refractivity contribution is -0.149. The number of nitrogens with zero attached hydrogens (tertiary/aromatic N) is 2. The van der Waals surface area contributed by atoms with Crippen LogP contribution >= 0.6 is 11.3 Å². The molecule has 8 atom stereocenters. The first kappa shape index (κ1) is 25.5. The van der Waals surface area contributed by atoms with Crippen LogP contribution in [0.5, 0.6) is 0 Å². The first-order valence-electron chi connectivity index (χ1n) is 12.4. The van der Waals surface area contributed by atoms with Gasteiger partial charge in [-0.3, -0.25) is 9.59 Å². The van der Waals surface area contributed by atoms with Crippen LogP contribution in [-0.2, 0) is 14.3 Å². The van der Waals surface area contributed by atoms with Gasteiger partial charge in [-0.05, 0) is 58.1 Å². The number of Topliss-reactive ketones (excluding diaryl/α,β-unsaturated/α-hetero) is 1. The second-order valence-corrected chi connectivity index (χ2v) is 12.1. The first-order valence-corrected chi connectivity index (χ1v) is 13.3. The van der Waals surface area contributed by atoms with E-state index in [4.69, 9.17) is 4.74 Å². The van der Waals surface area contributed by atoms with Crippen LogP contribution in [0.15, 0.2) is 11.0 Å². The number of aryl methyl sites for hydroxylation is 1. The van der Waals surface area contributed by atoms with Crippen molar-refractivity contribution in [1.29, 1.82) is 0 Å². The number of hydrogen-bond donors (Lipinski definition) is 2. The molecule has 0 radical (unpaired) electrons. The highest BCUT2D eigenvalue weighted by Crippen LogP contribution is 2.47. The molecule has 0 spiro atoms. The topological polar surface area (TPSA) is 103 Å². The smallest absolute Gasteiger partial charge is 0.226 e. The molecule has 2 N–H and O–H groups in total. The van der Waals surface area contributed by atoms with E-state index in [1.807, 2.05) is 32.2 Å². The van der Waals surface area contributed by atoms with Crippen LogP contribution in [0, 0.1) is 18.8 Å². The van der Waals surface area contributed by atoms with Gasteiger partial charge in [-0.1, -0.05) is 20.3 Å². The van der Waals surface area contributed by atoms with E-state index in [1.165, 1.54) is 0 Å². The molecule has 34 heavy (non-hydrogen) atoms. The van der Waals surface area contributed by atoms with Gasteiger partial charge in [0.15, 0.2) is 5.78 Å². The molecule has 188 valence electrons. The third-order valence-electron chi connectivity index (χ3n) is 8.45. The molecule has 0 saturated carbocycles. The Labute approximate surface area is 206 Å². The number of aliphatic hydroxyl groups excluding tert-OH is 2. The minimum absolute atomic E-state index is 0.0404. The molecule has 1 aromatic heterocycles. The lowest BCUT2D eigenvalue weighted by Gasteiger charge is -2.43. The highest BCUT2D eigenvalue weighted by atomic mass is 32.1. The zero-order valence-corrected chi connectivity index (χ0v) is 21.9. The molecule has 1 aromatic rings. The Balaban J connectivity index is 1.79. The molecule has 1 unspecified atom stereocenters. The molecule has 8 heteroatoms. The molecule has 3 fully saturated rings. The van der Waals surface area contributed by atoms with Crippen LogP contribution in [0.3, 0.4) is 0 Å². The van der Waals surface area contributed by atoms with Gasteiger partial charge in [-0.25, -0.2) is 4.98 Å². The summed E-state index contributed by atoms with van der Waals surface area (Å²) < 4.78 is 6.15. The van der Waals surface area contributed by atoms with Crippen LogP contribution in [0.4, 0.5) is 0 Å². The monoisotopic (exact) mass is 490 g/mol. The molecule has 0 aliphatic carbocycles. The third kappa shape index (κ3) is 4.38. The van der Waals surface area contributed by atoms with Gasteiger partial charge in [0.05, 0.1) is 47.1 Å². The highest BCUT2D eigenvalue weighted by molar-refractivity contribution is 7.09. The molecule has 0 bridgehead atoms. The molecular weight excluding hydrogens is 452 g/mol. The van der Waals surface area contributed by atoms with Gasteiger partial charge in [0.2, 0.25) is 5.91 Å². The summed E-state index contributed by atoms with van der Waals surface area (Å²) in [5, 5.41) is 25.0. The van der Waals surface area contributed by atoms with Crippen LogP contribution in [-0.4, -0.2) is 67.3 Å². The first-order chi connectivity index (χ1) is 15.9. The van der Waals surface area contributed by atoms with Crippen molar-refractivity contribution in [1.82, 2.24) is 9.88 Å². The summed E-state index contributed by atoms with van der Waals surface area (Å²) in [6.07, 6.45) is 2.95. The van der Waals surface area contributed by atoms with Gasteiger partial charge in [0.25, 0.3) is 0 Å². The van der Waals surface area contributed by atoms with Crippen molar-refractivity contribution >= 4 is 29.1 Å². The molecule has 1 amide bonds. The summed E-state index contributed by atoms with van der Waals surface area (Å²) in [6, 6.07) is -0.421. The van der Waals surface area contributed by atoms with E-state index in [0.717, 1.165) is 35.5 Å². The zero-order chi connectivity index (χ0) is 25.0. The van der Waals surface area contributed by atoms with E-state index in [2.05, 4.69) is 11.9 Å². The van der Waals surface area contributed by atoms with Gasteiger partial charge >= 0.3 is 0 Å². The Morgan fingerprint density at radius 1 is 1.29 bits per heavy atom. The van der Waals surface area contributed by atoms with Gasteiger partial charge < -0.3 is 19.8 Å². The number of aromatic nitrogens is 1. The van der Waals surface area contributed by atoms with Crippen molar-refractivity contribution in [2.24, 2.45) is 11.8 Å². The average molecular weight is 491 g/mol. The van der Waals surface area contributed by atoms with E-state index in [9.17, 15) is 19.8 Å². The largest absolute Gasteiger partial charge is 0.392 e. The molecule has 3 aliphatic rings. The number of thiazole rings is 1. The number of fused-ring (bicyclic) bond motifs is 2. The highest BCUT2D eigenvalue weighted by Gasteiger charge is 2.60. The molecule has 7 nitrogen and oxygen atoms in total. The summed E-state index contributed by atoms with van der Waals surface area (Å²) >= 11 is 1.56. The van der Waals surface area contributed by atoms with Crippen molar-refractivity contribution < 1.29 is 24.5 Å². The Hall–Kier alpha value is -1.61. The predicted octanol–water partition coefficient (Wildman–Crippen LogP) is 3.51. The number of rotatable bonds is 2. The summed E-state index contributed by atoms with van der Waals surface area (Å²) in [6.45, 7) is 11.4. The standard InChI is InChI=1S/C26H38N2O5S/c1-14-8-7-9-25(5)21(33-25)11-19(15(2)10-18-13-34-17(4)27-18)28-22(30)12-20(29)26(28,6)24(32)16(3)23(14)31/h10,13-14,16,19-21,23,29,31H,7-9,11-12H2,1-6H3/b15-10+/t14-,16+,19-,20-,21-,23-,25+,26?/m0/s1. The van der Waals surface area contributed by atoms with Crippen LogP contribution in [0.1, 0.15) is 77.4 Å². The maximum atomic E-state index is 13.9. The number of amides is 1. The van der Waals surface area contributed by atoms with E-state index in [1.54, 1.807) is 30.1 Å². The maximum absolute atomic E-state index is 13.9. The Bertz CT molecular complexity index is 992. The van der Waals surface area contributed by atoms with E-state index >= 15 is 0 Å². The second-order valence-electron chi connectivity index (χ2n) is 11.0. The van der Waals surface area contributed by atoms with Crippen molar-refractivity contribution in [3.8, 4) is 0 Å². The summed E-state index contributed by atoms with van der Waals surface area (Å²) in [4.78, 5) is 33.4. The van der Waals surface area contributed by atoms with Gasteiger partial charge in [-0.2, -0.15) is 0 Å². The zero-order valence-electron chi connectivity index (χ0n) is 21.1. The minimum Gasteiger partial charge on any atom is -0.392 e. The van der Waals surface area contributed by atoms with Crippen molar-refractivity contribution in [2.45, 2.75) is 109 Å². The quantitative estimate of drug-likeness (QED) is 0.615. The fourth-order valence-electron chi connectivity index (χ4n) is 6.00. The van der Waals surface area contributed by atoms with Gasteiger partial charge in [0.1, 0.15) is 5.54 Å². The summed E-state index contributed by atoms with van der Waals surface area (Å²) in [7, 11) is 0. The van der Waals surface area contributed by atoms with E-state index in [-0.39, 0.29) is 35.7 Å². The molecule has 0 aromatic carbocycles. The van der Waals surface area contributed by atoms with Gasteiger partial charge in [-0.15, -0.1) is 11.3 Å². The number of carbonyl (C=O) groups excluding carboxylic acids is 2. The number of ether oxygens (including phenoxy) is 1. The molecular formula is C26H38N2O5S. The fourth-order valence-corrected chi connectivity index (χ4v) is 6.57. The lowest BCUT2D eigenvalue weighted by Crippen LogP contribution is -2.61. The van der Waals surface area contributed by atoms with Gasteiger partial charge in [0, 0.05) is 17.7 Å². The van der Waals surface area contributed by atoms with E-state index < -0.39 is 29.7 Å². The molecule has 4 heterocycles. The van der Waals surface area contributed by atoms with Crippen molar-refractivity contribution in [3.63, 3.8) is 0 Å². The van der Waals surface area contributed by atoms with Crippen LogP contribution < -0.4 is 0 Å². The average Bonchev–Trinajstić information content (AvgIpc) is 3.10. The minimum atomic E-state index is -1.42. The second kappa shape index (κ2) is 9.12. The fraction of sp³-hybridized carbons (Fsp3) is 0.731. The van der Waals surface area contributed by atoms with Crippen LogP contribution in [0.25, 0.3) is 6.08 Å². The maximum Gasteiger partial charge on any atom is 0.226 e. The predicted molar refractivity (Wildman–Crippen MR) is 131 cm³/mol. The summed E-state index contributed by atoms with van der Waals surface area (Å²) in [5.74, 6) is -1.30. The number of carbonyl (C=O) groups is 2. The lowest BCUT2D eigenvalue weighted by atomic mass is 9.77. The Morgan fingerprint density at radius 3 is 2.65 bits per heavy atom. The number of hydrogen-bond acceptors (Lipinski definition) is 7. The van der Waals surface area contributed by atoms with E-state index in [0.29, 0.717) is 6.42 Å². The Morgan fingerprint density at radius 2 is 2.00 bits per heavy atom. The van der Waals surface area contributed by atoms with Crippen molar-refractivity contribution in [2.75, 3.05) is 0 Å². The number of epoxide rings is 1. The van der Waals surface area contributed by atoms with Crippen molar-refractivity contribution in [3.05, 3.63) is 21.7 Å². The molecule has 4 rings (SSSR count). The SMILES string of the molecule is C/C(=C\c1csc(C)n1)[C@@H]1C[C@@H]2O[C@]2(C)CCC[C@H](C)[C@H](O)[C@@H](C)C(=O)C2(C)[C@@H](O)CC(=O)N12. The number of aliphatic hydroxyl groups is 2. The molecule has 3 saturated heterocycles. The number of ketones is 1. The summed E-state index contributed by atoms with van der Waals surface area (Å²) in [5.41, 5.74) is 0.0252. The molecule has 3 aliphatic heterocycles.